The van der Waals surface area contributed by atoms with Crippen molar-refractivity contribution in [2.45, 2.75) is 205 Å². The largest absolute Gasteiger partial charge is 0.479 e. The molecule has 3 aromatic carbocycles. The molecule has 12 atom stereocenters. The van der Waals surface area contributed by atoms with Crippen LogP contribution in [-0.4, -0.2) is 261 Å². The molecule has 6 amide bonds. The molecule has 8 aliphatic rings. The maximum atomic E-state index is 14.6. The summed E-state index contributed by atoms with van der Waals surface area (Å²) in [5.74, 6) is -9.04. The van der Waals surface area contributed by atoms with Gasteiger partial charge in [-0.3, -0.25) is 53.0 Å². The summed E-state index contributed by atoms with van der Waals surface area (Å²) >= 11 is 1.39. The van der Waals surface area contributed by atoms with Gasteiger partial charge in [0.25, 0.3) is 27.8 Å². The van der Waals surface area contributed by atoms with Crippen LogP contribution in [0.25, 0.3) is 21.3 Å². The zero-order chi connectivity index (χ0) is 86.9. The van der Waals surface area contributed by atoms with Crippen LogP contribution < -0.4 is 15.5 Å². The van der Waals surface area contributed by atoms with Gasteiger partial charge in [-0.15, -0.1) is 0 Å². The number of hydrogen-bond donors (Lipinski definition) is 10. The maximum Gasteiger partial charge on any atom is 0.410 e. The third-order valence-corrected chi connectivity index (χ3v) is 26.5. The monoisotopic (exact) mass is 1710 g/mol. The van der Waals surface area contributed by atoms with Gasteiger partial charge in [-0.05, 0) is 158 Å². The van der Waals surface area contributed by atoms with E-state index in [4.69, 9.17) is 29.0 Å². The number of carboxylic acids is 2. The number of Topliss-reactive ketones (excluding diaryl/α,β-unsaturated/α-hetero) is 2. The number of nitrogens with one attached hydrogen (secondary N) is 2. The lowest BCUT2D eigenvalue weighted by molar-refractivity contribution is -0.248. The molecule has 4 aliphatic carbocycles. The fourth-order valence-electron chi connectivity index (χ4n) is 20.0. The van der Waals surface area contributed by atoms with Crippen molar-refractivity contribution in [2.75, 3.05) is 68.6 Å². The molecule has 0 radical (unpaired) electrons. The van der Waals surface area contributed by atoms with Crippen LogP contribution in [-0.2, 0) is 102 Å². The number of fused-ring (bicyclic) bond motifs is 2. The van der Waals surface area contributed by atoms with E-state index in [1.54, 1.807) is 50.4 Å². The van der Waals surface area contributed by atoms with Gasteiger partial charge >= 0.3 is 18.0 Å². The second kappa shape index (κ2) is 36.3. The Balaban J connectivity index is 0.664. The number of pyridine rings is 1. The smallest absolute Gasteiger partial charge is 0.410 e. The number of rotatable bonds is 37. The molecule has 2 unspecified atom stereocenters. The number of amides is 6. The summed E-state index contributed by atoms with van der Waals surface area (Å²) in [5.41, 5.74) is 4.66. The Labute approximate surface area is 702 Å². The highest BCUT2D eigenvalue weighted by Crippen LogP contribution is 2.72. The molecule has 7 heterocycles. The van der Waals surface area contributed by atoms with Crippen molar-refractivity contribution in [1.82, 2.24) is 39.8 Å². The fraction of sp³-hybridized carbons (Fsp3) is 0.541. The van der Waals surface area contributed by atoms with Crippen molar-refractivity contribution < 1.29 is 116 Å². The lowest BCUT2D eigenvalue weighted by atomic mass is 9.39. The Bertz CT molecular complexity index is 5080. The van der Waals surface area contributed by atoms with Crippen molar-refractivity contribution in [3.8, 4) is 11.1 Å². The zero-order valence-electron chi connectivity index (χ0n) is 68.2. The highest BCUT2D eigenvalue weighted by atomic mass is 32.2. The van der Waals surface area contributed by atoms with Crippen molar-refractivity contribution in [2.24, 2.45) is 28.1 Å². The first kappa shape index (κ1) is 88.9. The number of imide groups is 1. The number of thiazole rings is 1. The van der Waals surface area contributed by atoms with Crippen LogP contribution >= 0.6 is 11.3 Å². The predicted octanol–water partition coefficient (Wildman–Crippen LogP) is 5.41. The number of likely N-dealkylation sites (tertiary alicyclic amines) is 1. The number of para-hydroxylation sites is 1. The minimum absolute atomic E-state index is 0.00531. The molecular formula is C85H104N10O24S2. The van der Waals surface area contributed by atoms with Gasteiger partial charge in [-0.1, -0.05) is 81.5 Å². The summed E-state index contributed by atoms with van der Waals surface area (Å²) in [5, 5.41) is 84.7. The molecule has 36 heteroatoms. The third kappa shape index (κ3) is 20.1. The highest BCUT2D eigenvalue weighted by molar-refractivity contribution is 7.85. The standard InChI is InChI=1S/C85H104N10O24S2/c1-47(2)59(33-56(98)35-93-54(39-116-28-29-121(113,114)115)32-63(77(93)107)95-68(100)20-21-69(95)101)76(106)87-48(3)64(99)31-50-14-15-53(52(30-50)16-18-65-71(102)72(103)73(104)74(119-65)79(110)111)38-117-81(112)91(25-23-55(97)37-96)26-27-118-85-43-82(5)40-83(6,44-85)42-84(41-82,45-85)46-94-49(4)60(34-86-94)57-17-19-67(89-70(57)78(108)109)92-24-22-51-10-9-11-58(61(51)36-92)75(105)90-80-88-62-12-7-8-13-66(62)120-80/h7-15,17,19-21,30,34,47-48,54-55,59,63,65,71-74,96-97,102-104H,16,18,22-29,31-33,35-46H2,1-6H3,(H,87,106)(H,108,109)(H,110,111)(H,88,90,105)(H,113,114,115)/t48-,54-,55-,59-,63-,65-,71-,72+,73-,74-,82?,83?,84?,85?/m0/s1. The van der Waals surface area contributed by atoms with Crippen molar-refractivity contribution in [3.63, 3.8) is 0 Å². The van der Waals surface area contributed by atoms with E-state index < -0.39 is 174 Å². The van der Waals surface area contributed by atoms with E-state index in [-0.39, 0.29) is 86.3 Å². The van der Waals surface area contributed by atoms with Crippen LogP contribution in [0.2, 0.25) is 0 Å². The molecule has 10 N–H and O–H groups in total. The number of anilines is 2. The molecular weight excluding hydrogens is 1610 g/mol. The SMILES string of the molecule is Cc1c(-c2ccc(N3CCc4cccc(C(=O)Nc5nc6ccccc6s5)c4C3)nc2C(=O)O)cnn1CC12CC3(C)CC(C)(C1)CC(OCCN(CC[C@H](O)CO)C(=O)OCc1ccc(CC(=O)[C@H](C)NC(=O)[C@@H](CC(=O)CN4C(=O)[C@@H](N5C(=O)C=CC5=O)C[C@H]4COCCS(=O)(=O)O)C(C)C)cc1CC[C@@H]1O[C@H](C(=O)O)[C@@H](O)[C@H](O)[C@H]1O)(C3)C2. The molecule has 4 saturated carbocycles. The molecule has 6 aromatic rings. The number of aliphatic hydroxyl groups is 5. The number of ketones is 2. The number of aliphatic carboxylic acids is 1. The van der Waals surface area contributed by atoms with E-state index in [9.17, 15) is 96.7 Å². The Morgan fingerprint density at radius 1 is 0.835 bits per heavy atom. The minimum Gasteiger partial charge on any atom is -0.479 e. The molecule has 0 spiro atoms. The summed E-state index contributed by atoms with van der Waals surface area (Å²) < 4.78 is 59.1. The van der Waals surface area contributed by atoms with Gasteiger partial charge in [0.2, 0.25) is 11.8 Å². The zero-order valence-corrected chi connectivity index (χ0v) is 69.8. The third-order valence-electron chi connectivity index (χ3n) is 24.8. The first-order chi connectivity index (χ1) is 57.3. The summed E-state index contributed by atoms with van der Waals surface area (Å²) in [7, 11) is -4.42. The van der Waals surface area contributed by atoms with Gasteiger partial charge in [-0.25, -0.2) is 24.4 Å². The van der Waals surface area contributed by atoms with Gasteiger partial charge < -0.3 is 74.7 Å². The van der Waals surface area contributed by atoms with E-state index in [0.29, 0.717) is 76.8 Å². The molecule has 2 saturated heterocycles. The van der Waals surface area contributed by atoms with Crippen LogP contribution in [0.5, 0.6) is 0 Å². The van der Waals surface area contributed by atoms with Crippen molar-refractivity contribution in [1.29, 1.82) is 0 Å². The topological polar surface area (TPSA) is 484 Å². The Morgan fingerprint density at radius 2 is 1.57 bits per heavy atom. The summed E-state index contributed by atoms with van der Waals surface area (Å²) in [6, 6.07) is 18.3. The van der Waals surface area contributed by atoms with Crippen LogP contribution in [0.4, 0.5) is 15.7 Å². The average Bonchev–Trinajstić information content (AvgIpc) is 0.769. The quantitative estimate of drug-likeness (QED) is 0.0132. The number of carbonyl (C=O) groups is 10. The highest BCUT2D eigenvalue weighted by Gasteiger charge is 2.66. The number of benzene rings is 3. The molecule has 4 aliphatic heterocycles. The Morgan fingerprint density at radius 3 is 2.26 bits per heavy atom. The second-order valence-corrected chi connectivity index (χ2v) is 37.3. The average molecular weight is 1710 g/mol. The summed E-state index contributed by atoms with van der Waals surface area (Å²) in [6.45, 7) is 10.2. The second-order valence-electron chi connectivity index (χ2n) is 34.7. The van der Waals surface area contributed by atoms with Gasteiger partial charge in [0.15, 0.2) is 28.5 Å². The predicted molar refractivity (Wildman–Crippen MR) is 436 cm³/mol. The number of nitrogens with zero attached hydrogens (tertiary/aromatic N) is 8. The van der Waals surface area contributed by atoms with Crippen molar-refractivity contribution >= 4 is 102 Å². The number of ether oxygens (including phenoxy) is 4. The van der Waals surface area contributed by atoms with E-state index in [1.807, 2.05) is 59.0 Å². The first-order valence-corrected chi connectivity index (χ1v) is 43.2. The fourth-order valence-corrected chi connectivity index (χ4v) is 21.2. The van der Waals surface area contributed by atoms with Crippen LogP contribution in [0.1, 0.15) is 153 Å². The van der Waals surface area contributed by atoms with Crippen molar-refractivity contribution in [3.05, 3.63) is 136 Å². The Kier molecular flexibility index (Phi) is 26.7. The molecule has 3 aromatic heterocycles. The summed E-state index contributed by atoms with van der Waals surface area (Å²) in [6.07, 6.45) is -2.92. The number of aromatic carboxylic acids is 1. The van der Waals surface area contributed by atoms with E-state index >= 15 is 0 Å². The molecule has 121 heavy (non-hydrogen) atoms. The number of carboxylic acid groups (broad SMARTS) is 2. The molecule has 650 valence electrons. The number of aromatic nitrogens is 4. The van der Waals surface area contributed by atoms with Crippen LogP contribution in [0.15, 0.2) is 91.1 Å². The normalized spacial score (nSPS) is 25.7. The minimum atomic E-state index is -4.42. The first-order valence-electron chi connectivity index (χ1n) is 40.7. The molecule has 4 bridgehead atoms. The van der Waals surface area contributed by atoms with E-state index in [0.717, 1.165) is 81.1 Å². The number of carbonyl (C=O) groups excluding carboxylic acids is 8. The van der Waals surface area contributed by atoms with E-state index in [2.05, 4.69) is 29.5 Å². The summed E-state index contributed by atoms with van der Waals surface area (Å²) in [4.78, 5) is 150. The molecule has 14 rings (SSSR count). The van der Waals surface area contributed by atoms with Gasteiger partial charge in [0, 0.05) is 92.4 Å². The lowest BCUT2D eigenvalue weighted by Gasteiger charge is -2.69. The number of aryl methyl sites for hydroxylation is 1. The Hall–Kier alpha value is -9.86. The lowest BCUT2D eigenvalue weighted by Crippen LogP contribution is -2.64. The molecule has 6 fully saturated rings. The number of aliphatic hydroxyl groups excluding tert-OH is 5. The maximum absolute atomic E-state index is 14.6. The number of hydrogen-bond acceptors (Lipinski definition) is 26. The van der Waals surface area contributed by atoms with Crippen LogP contribution in [0.3, 0.4) is 0 Å². The molecule has 34 nitrogen and oxygen atoms in total. The van der Waals surface area contributed by atoms with Gasteiger partial charge in [0.1, 0.15) is 36.8 Å². The van der Waals surface area contributed by atoms with Crippen LogP contribution in [0, 0.1) is 35.0 Å². The van der Waals surface area contributed by atoms with Gasteiger partial charge in [0.05, 0.1) is 85.0 Å². The van der Waals surface area contributed by atoms with E-state index in [1.165, 1.54) is 23.2 Å². The van der Waals surface area contributed by atoms with Gasteiger partial charge in [-0.2, -0.15) is 13.5 Å².